The van der Waals surface area contributed by atoms with Gasteiger partial charge in [0, 0.05) is 24.4 Å². The van der Waals surface area contributed by atoms with Gasteiger partial charge >= 0.3 is 5.97 Å². The number of carboxylic acids is 1. The van der Waals surface area contributed by atoms with E-state index in [4.69, 9.17) is 5.11 Å². The summed E-state index contributed by atoms with van der Waals surface area (Å²) in [6.07, 6.45) is 14.2. The summed E-state index contributed by atoms with van der Waals surface area (Å²) in [5.74, 6) is 0.0472. The van der Waals surface area contributed by atoms with Gasteiger partial charge in [0.2, 0.25) is 0 Å². The minimum absolute atomic E-state index is 0.246. The average Bonchev–Trinajstić information content (AvgIpc) is 2.83. The van der Waals surface area contributed by atoms with Crippen molar-refractivity contribution in [3.05, 3.63) is 72.1 Å². The highest BCUT2D eigenvalue weighted by Gasteiger charge is 2.04. The first-order valence-corrected chi connectivity index (χ1v) is 11.9. The van der Waals surface area contributed by atoms with Gasteiger partial charge in [-0.05, 0) is 54.4 Å². The number of rotatable bonds is 13. The molecule has 3 aromatic rings. The summed E-state index contributed by atoms with van der Waals surface area (Å²) in [5.41, 5.74) is 5.82. The Morgan fingerprint density at radius 1 is 0.688 bits per heavy atom. The maximum atomic E-state index is 10.6. The molecule has 32 heavy (non-hydrogen) atoms. The van der Waals surface area contributed by atoms with E-state index in [9.17, 15) is 4.79 Å². The van der Waals surface area contributed by atoms with Gasteiger partial charge < -0.3 is 5.11 Å². The lowest BCUT2D eigenvalue weighted by molar-refractivity contribution is -0.137. The van der Waals surface area contributed by atoms with Crippen LogP contribution >= 0.6 is 0 Å². The van der Waals surface area contributed by atoms with Crippen molar-refractivity contribution in [2.24, 2.45) is 0 Å². The molecule has 3 rings (SSSR count). The molecule has 0 spiro atoms. The van der Waals surface area contributed by atoms with E-state index in [0.29, 0.717) is 0 Å². The quantitative estimate of drug-likeness (QED) is 0.293. The van der Waals surface area contributed by atoms with Crippen LogP contribution in [0.3, 0.4) is 0 Å². The van der Waals surface area contributed by atoms with Crippen molar-refractivity contribution in [2.45, 2.75) is 71.1 Å². The molecular weight excluding hydrogens is 396 g/mol. The van der Waals surface area contributed by atoms with Gasteiger partial charge in [0.05, 0.1) is 0 Å². The van der Waals surface area contributed by atoms with Gasteiger partial charge in [-0.3, -0.25) is 4.79 Å². The lowest BCUT2D eigenvalue weighted by Gasteiger charge is -2.07. The fraction of sp³-hybridized carbons (Fsp3) is 0.393. The van der Waals surface area contributed by atoms with E-state index in [1.165, 1.54) is 48.8 Å². The fourth-order valence-electron chi connectivity index (χ4n) is 3.85. The molecule has 0 amide bonds. The summed E-state index contributed by atoms with van der Waals surface area (Å²) in [5, 5.41) is 8.72. The van der Waals surface area contributed by atoms with Crippen LogP contribution in [0.1, 0.15) is 69.4 Å². The number of nitrogens with zero attached hydrogens (tertiary/aromatic N) is 2. The fourth-order valence-corrected chi connectivity index (χ4v) is 3.85. The monoisotopic (exact) mass is 430 g/mol. The predicted octanol–water partition coefficient (Wildman–Crippen LogP) is 7.12. The molecule has 0 atom stereocenters. The molecule has 0 aliphatic rings. The molecule has 0 saturated heterocycles. The van der Waals surface area contributed by atoms with Crippen LogP contribution in [0.25, 0.3) is 22.5 Å². The molecule has 0 radical (unpaired) electrons. The average molecular weight is 431 g/mol. The van der Waals surface area contributed by atoms with Gasteiger partial charge in [0.15, 0.2) is 5.82 Å². The van der Waals surface area contributed by atoms with Crippen molar-refractivity contribution in [3.8, 4) is 22.5 Å². The van der Waals surface area contributed by atoms with Crippen molar-refractivity contribution in [1.82, 2.24) is 9.97 Å². The Bertz CT molecular complexity index is 948. The second kappa shape index (κ2) is 12.7. The van der Waals surface area contributed by atoms with Gasteiger partial charge in [-0.1, -0.05) is 81.1 Å². The Balaban J connectivity index is 1.52. The molecule has 1 heterocycles. The minimum Gasteiger partial charge on any atom is -0.481 e. The van der Waals surface area contributed by atoms with Crippen LogP contribution < -0.4 is 0 Å². The first kappa shape index (κ1) is 23.6. The number of aryl methyl sites for hydroxylation is 2. The lowest BCUT2D eigenvalue weighted by atomic mass is 10.0. The molecule has 0 saturated carbocycles. The predicted molar refractivity (Wildman–Crippen MR) is 131 cm³/mol. The number of aromatic nitrogens is 2. The zero-order valence-corrected chi connectivity index (χ0v) is 19.1. The number of carbonyl (C=O) groups is 1. The highest BCUT2D eigenvalue weighted by atomic mass is 16.4. The van der Waals surface area contributed by atoms with Gasteiger partial charge in [-0.15, -0.1) is 0 Å². The molecule has 1 N–H and O–H groups in total. The summed E-state index contributed by atoms with van der Waals surface area (Å²) in [6, 6.07) is 16.9. The van der Waals surface area contributed by atoms with E-state index in [2.05, 4.69) is 65.4 Å². The van der Waals surface area contributed by atoms with Crippen LogP contribution in [-0.4, -0.2) is 21.0 Å². The molecule has 4 heteroatoms. The smallest absolute Gasteiger partial charge is 0.303 e. The molecule has 0 fully saturated rings. The lowest BCUT2D eigenvalue weighted by Crippen LogP contribution is -1.95. The topological polar surface area (TPSA) is 63.1 Å². The van der Waals surface area contributed by atoms with E-state index in [1.54, 1.807) is 0 Å². The van der Waals surface area contributed by atoms with Crippen molar-refractivity contribution in [3.63, 3.8) is 0 Å². The SMILES string of the molecule is CCCCCCCc1cnc(-c2ccc(-c3ccc(CCCCC(=O)O)cc3)cc2)nc1. The van der Waals surface area contributed by atoms with E-state index in [-0.39, 0.29) is 6.42 Å². The Morgan fingerprint density at radius 3 is 1.84 bits per heavy atom. The Hall–Kier alpha value is -3.01. The van der Waals surface area contributed by atoms with E-state index < -0.39 is 5.97 Å². The molecule has 0 unspecified atom stereocenters. The largest absolute Gasteiger partial charge is 0.481 e. The van der Waals surface area contributed by atoms with Gasteiger partial charge in [-0.25, -0.2) is 9.97 Å². The molecule has 0 bridgehead atoms. The maximum absolute atomic E-state index is 10.6. The third-order valence-electron chi connectivity index (χ3n) is 5.81. The zero-order valence-electron chi connectivity index (χ0n) is 19.1. The van der Waals surface area contributed by atoms with Crippen LogP contribution in [0.5, 0.6) is 0 Å². The zero-order chi connectivity index (χ0) is 22.6. The van der Waals surface area contributed by atoms with Crippen molar-refractivity contribution < 1.29 is 9.90 Å². The number of aliphatic carboxylic acids is 1. The second-order valence-electron chi connectivity index (χ2n) is 8.45. The number of hydrogen-bond donors (Lipinski definition) is 1. The normalized spacial score (nSPS) is 10.9. The highest BCUT2D eigenvalue weighted by Crippen LogP contribution is 2.24. The minimum atomic E-state index is -0.719. The number of unbranched alkanes of at least 4 members (excludes halogenated alkanes) is 5. The molecule has 1 aromatic heterocycles. The summed E-state index contributed by atoms with van der Waals surface area (Å²) in [6.45, 7) is 2.24. The molecule has 4 nitrogen and oxygen atoms in total. The Kier molecular flexibility index (Phi) is 9.42. The van der Waals surface area contributed by atoms with Crippen LogP contribution in [0.2, 0.25) is 0 Å². The van der Waals surface area contributed by atoms with Gasteiger partial charge in [0.25, 0.3) is 0 Å². The third-order valence-corrected chi connectivity index (χ3v) is 5.81. The van der Waals surface area contributed by atoms with Crippen LogP contribution in [0.15, 0.2) is 60.9 Å². The summed E-state index contributed by atoms with van der Waals surface area (Å²) in [7, 11) is 0. The molecule has 2 aromatic carbocycles. The summed E-state index contributed by atoms with van der Waals surface area (Å²) < 4.78 is 0. The van der Waals surface area contributed by atoms with Crippen LogP contribution in [-0.2, 0) is 17.6 Å². The molecular formula is C28H34N2O2. The third kappa shape index (κ3) is 7.60. The first-order valence-electron chi connectivity index (χ1n) is 11.9. The standard InChI is InChI=1S/C28H34N2O2/c1-2-3-4-5-6-10-23-20-29-28(30-21-23)26-18-16-25(17-19-26)24-14-12-22(13-15-24)9-7-8-11-27(31)32/h12-21H,2-11H2,1H3,(H,31,32). The summed E-state index contributed by atoms with van der Waals surface area (Å²) in [4.78, 5) is 19.8. The molecule has 168 valence electrons. The molecule has 0 aliphatic heterocycles. The van der Waals surface area contributed by atoms with Crippen molar-refractivity contribution >= 4 is 5.97 Å². The summed E-state index contributed by atoms with van der Waals surface area (Å²) >= 11 is 0. The maximum Gasteiger partial charge on any atom is 0.303 e. The molecule has 0 aliphatic carbocycles. The van der Waals surface area contributed by atoms with Crippen molar-refractivity contribution in [1.29, 1.82) is 0 Å². The number of hydrogen-bond acceptors (Lipinski definition) is 3. The van der Waals surface area contributed by atoms with E-state index in [1.807, 2.05) is 12.4 Å². The van der Waals surface area contributed by atoms with Crippen LogP contribution in [0.4, 0.5) is 0 Å². The van der Waals surface area contributed by atoms with Gasteiger partial charge in [-0.2, -0.15) is 0 Å². The number of benzene rings is 2. The van der Waals surface area contributed by atoms with Gasteiger partial charge in [0.1, 0.15) is 0 Å². The Labute approximate surface area is 191 Å². The van der Waals surface area contributed by atoms with E-state index >= 15 is 0 Å². The van der Waals surface area contributed by atoms with Crippen molar-refractivity contribution in [2.75, 3.05) is 0 Å². The second-order valence-corrected chi connectivity index (χ2v) is 8.45. The van der Waals surface area contributed by atoms with E-state index in [0.717, 1.165) is 42.6 Å². The van der Waals surface area contributed by atoms with Crippen LogP contribution in [0, 0.1) is 0 Å². The number of carboxylic acid groups (broad SMARTS) is 1. The Morgan fingerprint density at radius 2 is 1.22 bits per heavy atom. The first-order chi connectivity index (χ1) is 15.7. The highest BCUT2D eigenvalue weighted by molar-refractivity contribution is 5.68.